The van der Waals surface area contributed by atoms with E-state index in [1.807, 2.05) is 6.08 Å². The maximum Gasteiger partial charge on any atom is 0.302 e. The molecule has 62 valence electrons. The van der Waals surface area contributed by atoms with Gasteiger partial charge in [0.1, 0.15) is 6.61 Å². The number of hydrogen-bond donors (Lipinski definition) is 0. The Morgan fingerprint density at radius 3 is 2.82 bits per heavy atom. The lowest BCUT2D eigenvalue weighted by molar-refractivity contribution is -0.141. The number of hydrogen-bond acceptors (Lipinski definition) is 3. The smallest absolute Gasteiger partial charge is 0.302 e. The third-order valence-corrected chi connectivity index (χ3v) is 1.68. The van der Waals surface area contributed by atoms with Crippen LogP contribution in [0, 0.1) is 0 Å². The first-order chi connectivity index (χ1) is 5.24. The van der Waals surface area contributed by atoms with Crippen LogP contribution in [0.2, 0.25) is 0 Å². The molecular formula is C8H13NO2. The molecule has 1 atom stereocenters. The van der Waals surface area contributed by atoms with E-state index in [-0.39, 0.29) is 12.0 Å². The number of esters is 1. The van der Waals surface area contributed by atoms with E-state index >= 15 is 0 Å². The van der Waals surface area contributed by atoms with Crippen LogP contribution in [0.3, 0.4) is 0 Å². The molecule has 0 aromatic carbocycles. The molecule has 1 aliphatic rings. The maximum absolute atomic E-state index is 10.4. The predicted octanol–water partition coefficient (Wildman–Crippen LogP) is 0.420. The first-order valence-electron chi connectivity index (χ1n) is 3.74. The standard InChI is InChI=1S/C8H13NO2/c1-3-8(9-4-5-9)6-11-7(2)10/h3,8H,1,4-6H2,2H3/t8-/m0/s1. The van der Waals surface area contributed by atoms with Gasteiger partial charge in [0.05, 0.1) is 6.04 Å². The molecule has 0 bridgehead atoms. The van der Waals surface area contributed by atoms with Crippen molar-refractivity contribution < 1.29 is 9.53 Å². The highest BCUT2D eigenvalue weighted by Crippen LogP contribution is 2.11. The molecule has 3 nitrogen and oxygen atoms in total. The van der Waals surface area contributed by atoms with Gasteiger partial charge in [-0.15, -0.1) is 6.58 Å². The van der Waals surface area contributed by atoms with E-state index in [1.165, 1.54) is 6.92 Å². The maximum atomic E-state index is 10.4. The summed E-state index contributed by atoms with van der Waals surface area (Å²) in [5.41, 5.74) is 0. The van der Waals surface area contributed by atoms with Gasteiger partial charge in [0.2, 0.25) is 0 Å². The van der Waals surface area contributed by atoms with Crippen molar-refractivity contribution in [2.24, 2.45) is 0 Å². The quantitative estimate of drug-likeness (QED) is 0.335. The van der Waals surface area contributed by atoms with E-state index in [4.69, 9.17) is 4.74 Å². The monoisotopic (exact) mass is 155 g/mol. The lowest BCUT2D eigenvalue weighted by atomic mass is 10.3. The van der Waals surface area contributed by atoms with E-state index < -0.39 is 0 Å². The van der Waals surface area contributed by atoms with Gasteiger partial charge in [0, 0.05) is 20.0 Å². The molecule has 0 aliphatic carbocycles. The molecule has 0 saturated carbocycles. The van der Waals surface area contributed by atoms with Gasteiger partial charge in [0.15, 0.2) is 0 Å². The molecule has 0 unspecified atom stereocenters. The van der Waals surface area contributed by atoms with Crippen molar-refractivity contribution in [1.82, 2.24) is 4.90 Å². The summed E-state index contributed by atoms with van der Waals surface area (Å²) in [6.07, 6.45) is 1.82. The minimum atomic E-state index is -0.223. The molecule has 3 heteroatoms. The SMILES string of the molecule is C=C[C@@H](COC(C)=O)N1CC1. The highest BCUT2D eigenvalue weighted by molar-refractivity contribution is 5.65. The van der Waals surface area contributed by atoms with Crippen LogP contribution >= 0.6 is 0 Å². The van der Waals surface area contributed by atoms with Gasteiger partial charge in [-0.05, 0) is 0 Å². The number of ether oxygens (including phenoxy) is 1. The molecule has 0 spiro atoms. The van der Waals surface area contributed by atoms with Crippen LogP contribution in [0.1, 0.15) is 6.92 Å². The molecule has 0 amide bonds. The van der Waals surface area contributed by atoms with Crippen LogP contribution in [0.15, 0.2) is 12.7 Å². The first kappa shape index (κ1) is 8.27. The second kappa shape index (κ2) is 3.53. The van der Waals surface area contributed by atoms with E-state index in [9.17, 15) is 4.79 Å². The Kier molecular flexibility index (Phi) is 2.65. The van der Waals surface area contributed by atoms with Crippen molar-refractivity contribution >= 4 is 5.97 Å². The molecule has 11 heavy (non-hydrogen) atoms. The Hall–Kier alpha value is -0.830. The molecule has 1 aliphatic heterocycles. The van der Waals surface area contributed by atoms with Gasteiger partial charge in [-0.2, -0.15) is 0 Å². The van der Waals surface area contributed by atoms with Crippen molar-refractivity contribution in [3.8, 4) is 0 Å². The number of rotatable bonds is 4. The fourth-order valence-electron chi connectivity index (χ4n) is 0.915. The molecule has 0 N–H and O–H groups in total. The Morgan fingerprint density at radius 1 is 1.82 bits per heavy atom. The predicted molar refractivity (Wildman–Crippen MR) is 42.2 cm³/mol. The molecular weight excluding hydrogens is 142 g/mol. The number of carbonyl (C=O) groups is 1. The van der Waals surface area contributed by atoms with Gasteiger partial charge in [-0.3, -0.25) is 9.69 Å². The first-order valence-corrected chi connectivity index (χ1v) is 3.74. The Labute approximate surface area is 66.6 Å². The summed E-state index contributed by atoms with van der Waals surface area (Å²) >= 11 is 0. The van der Waals surface area contributed by atoms with E-state index in [0.717, 1.165) is 13.1 Å². The zero-order chi connectivity index (χ0) is 8.27. The number of carbonyl (C=O) groups excluding carboxylic acids is 1. The summed E-state index contributed by atoms with van der Waals surface area (Å²) < 4.78 is 4.84. The fourth-order valence-corrected chi connectivity index (χ4v) is 0.915. The van der Waals surface area contributed by atoms with Crippen LogP contribution in [0.4, 0.5) is 0 Å². The summed E-state index contributed by atoms with van der Waals surface area (Å²) in [6.45, 7) is 7.72. The Bertz CT molecular complexity index is 163. The van der Waals surface area contributed by atoms with Crippen molar-refractivity contribution in [2.75, 3.05) is 19.7 Å². The fraction of sp³-hybridized carbons (Fsp3) is 0.625. The zero-order valence-electron chi connectivity index (χ0n) is 6.75. The van der Waals surface area contributed by atoms with Gasteiger partial charge in [0.25, 0.3) is 0 Å². The minimum absolute atomic E-state index is 0.221. The second-order valence-electron chi connectivity index (χ2n) is 2.64. The van der Waals surface area contributed by atoms with E-state index in [1.54, 1.807) is 0 Å². The summed E-state index contributed by atoms with van der Waals surface area (Å²) in [6, 6.07) is 0.221. The topological polar surface area (TPSA) is 29.3 Å². The molecule has 1 heterocycles. The van der Waals surface area contributed by atoms with Crippen LogP contribution in [-0.4, -0.2) is 36.6 Å². The third-order valence-electron chi connectivity index (χ3n) is 1.68. The Morgan fingerprint density at radius 2 is 2.45 bits per heavy atom. The van der Waals surface area contributed by atoms with Gasteiger partial charge < -0.3 is 4.74 Å². The summed E-state index contributed by atoms with van der Waals surface area (Å²) in [5, 5.41) is 0. The lowest BCUT2D eigenvalue weighted by Crippen LogP contribution is -2.23. The molecule has 1 fully saturated rings. The van der Waals surface area contributed by atoms with Crippen molar-refractivity contribution in [3.63, 3.8) is 0 Å². The van der Waals surface area contributed by atoms with Crippen molar-refractivity contribution in [3.05, 3.63) is 12.7 Å². The van der Waals surface area contributed by atoms with Crippen LogP contribution < -0.4 is 0 Å². The van der Waals surface area contributed by atoms with Gasteiger partial charge in [-0.25, -0.2) is 0 Å². The summed E-state index contributed by atoms with van der Waals surface area (Å²) in [7, 11) is 0. The zero-order valence-corrected chi connectivity index (χ0v) is 6.75. The van der Waals surface area contributed by atoms with Crippen LogP contribution in [0.25, 0.3) is 0 Å². The number of nitrogens with zero attached hydrogens (tertiary/aromatic N) is 1. The third kappa shape index (κ3) is 2.72. The highest BCUT2D eigenvalue weighted by atomic mass is 16.5. The molecule has 0 aromatic heterocycles. The minimum Gasteiger partial charge on any atom is -0.464 e. The summed E-state index contributed by atoms with van der Waals surface area (Å²) in [5.74, 6) is -0.223. The van der Waals surface area contributed by atoms with Crippen LogP contribution in [-0.2, 0) is 9.53 Å². The second-order valence-corrected chi connectivity index (χ2v) is 2.64. The highest BCUT2D eigenvalue weighted by Gasteiger charge is 2.25. The Balaban J connectivity index is 2.20. The van der Waals surface area contributed by atoms with Gasteiger partial charge >= 0.3 is 5.97 Å². The van der Waals surface area contributed by atoms with E-state index in [2.05, 4.69) is 11.5 Å². The molecule has 0 radical (unpaired) electrons. The van der Waals surface area contributed by atoms with Crippen molar-refractivity contribution in [1.29, 1.82) is 0 Å². The molecule has 1 saturated heterocycles. The van der Waals surface area contributed by atoms with E-state index in [0.29, 0.717) is 6.61 Å². The lowest BCUT2D eigenvalue weighted by Gasteiger charge is -2.12. The molecule has 0 aromatic rings. The van der Waals surface area contributed by atoms with Crippen molar-refractivity contribution in [2.45, 2.75) is 13.0 Å². The average molecular weight is 155 g/mol. The molecule has 1 rings (SSSR count). The summed E-state index contributed by atoms with van der Waals surface area (Å²) in [4.78, 5) is 12.6. The van der Waals surface area contributed by atoms with Crippen LogP contribution in [0.5, 0.6) is 0 Å². The van der Waals surface area contributed by atoms with Gasteiger partial charge in [-0.1, -0.05) is 6.08 Å². The normalized spacial score (nSPS) is 19.0. The average Bonchev–Trinajstić information content (AvgIpc) is 2.72. The largest absolute Gasteiger partial charge is 0.464 e.